The Morgan fingerprint density at radius 2 is 2.00 bits per heavy atom. The van der Waals surface area contributed by atoms with Gasteiger partial charge in [0.15, 0.2) is 9.84 Å². The molecule has 0 saturated carbocycles. The summed E-state index contributed by atoms with van der Waals surface area (Å²) in [4.78, 5) is 12.3. The van der Waals surface area contributed by atoms with Crippen molar-refractivity contribution in [2.45, 2.75) is 17.4 Å². The summed E-state index contributed by atoms with van der Waals surface area (Å²) in [5, 5.41) is 2.80. The van der Waals surface area contributed by atoms with E-state index in [1.165, 1.54) is 12.1 Å². The molecule has 6 heteroatoms. The summed E-state index contributed by atoms with van der Waals surface area (Å²) in [6.45, 7) is 0.372. The lowest BCUT2D eigenvalue weighted by Crippen LogP contribution is -2.34. The van der Waals surface area contributed by atoms with Crippen molar-refractivity contribution in [3.63, 3.8) is 0 Å². The standard InChI is InChI=1S/C17H17NO4S/c1-23(20,21)15-7-4-6-13(10-15)17(19)18-11-14-9-12-5-2-3-8-16(12)22-14/h2-8,10,14H,9,11H2,1H3,(H,18,19)/t14-/m1/s1. The molecular weight excluding hydrogens is 314 g/mol. The molecule has 1 aliphatic heterocycles. The minimum absolute atomic E-state index is 0.102. The van der Waals surface area contributed by atoms with Gasteiger partial charge in [0.05, 0.1) is 11.4 Å². The molecule has 0 unspecified atom stereocenters. The van der Waals surface area contributed by atoms with Gasteiger partial charge in [-0.2, -0.15) is 0 Å². The number of sulfone groups is 1. The number of fused-ring (bicyclic) bond motifs is 1. The first kappa shape index (κ1) is 15.6. The fourth-order valence-corrected chi connectivity index (χ4v) is 3.21. The average Bonchev–Trinajstić information content (AvgIpc) is 2.95. The third kappa shape index (κ3) is 3.53. The average molecular weight is 331 g/mol. The van der Waals surface area contributed by atoms with Gasteiger partial charge < -0.3 is 10.1 Å². The zero-order chi connectivity index (χ0) is 16.4. The van der Waals surface area contributed by atoms with Crippen molar-refractivity contribution in [1.82, 2.24) is 5.32 Å². The van der Waals surface area contributed by atoms with Gasteiger partial charge >= 0.3 is 0 Å². The first-order valence-electron chi connectivity index (χ1n) is 7.26. The maximum atomic E-state index is 12.2. The molecule has 0 aromatic heterocycles. The summed E-state index contributed by atoms with van der Waals surface area (Å²) in [5.41, 5.74) is 1.45. The molecule has 0 spiro atoms. The quantitative estimate of drug-likeness (QED) is 0.927. The number of carbonyl (C=O) groups is 1. The Balaban J connectivity index is 1.63. The summed E-state index contributed by atoms with van der Waals surface area (Å²) in [7, 11) is -3.33. The van der Waals surface area contributed by atoms with Crippen LogP contribution in [0, 0.1) is 0 Å². The molecule has 120 valence electrons. The molecule has 2 aromatic rings. The number of amides is 1. The predicted octanol–water partition coefficient (Wildman–Crippen LogP) is 1.82. The number of hydrogen-bond acceptors (Lipinski definition) is 4. The van der Waals surface area contributed by atoms with E-state index in [0.717, 1.165) is 24.0 Å². The van der Waals surface area contributed by atoms with Crippen LogP contribution in [0.4, 0.5) is 0 Å². The van der Waals surface area contributed by atoms with E-state index < -0.39 is 9.84 Å². The van der Waals surface area contributed by atoms with Crippen LogP contribution in [0.3, 0.4) is 0 Å². The number of ether oxygens (including phenoxy) is 1. The second kappa shape index (κ2) is 6.04. The zero-order valence-corrected chi connectivity index (χ0v) is 13.5. The highest BCUT2D eigenvalue weighted by Crippen LogP contribution is 2.27. The second-order valence-corrected chi connectivity index (χ2v) is 7.58. The van der Waals surface area contributed by atoms with E-state index in [2.05, 4.69) is 5.32 Å². The van der Waals surface area contributed by atoms with E-state index in [0.29, 0.717) is 12.1 Å². The zero-order valence-electron chi connectivity index (χ0n) is 12.7. The summed E-state index contributed by atoms with van der Waals surface area (Å²) < 4.78 is 28.9. The molecule has 1 atom stereocenters. The fourth-order valence-electron chi connectivity index (χ4n) is 2.54. The molecule has 0 fully saturated rings. The molecule has 0 bridgehead atoms. The lowest BCUT2D eigenvalue weighted by Gasteiger charge is -2.12. The lowest BCUT2D eigenvalue weighted by molar-refractivity contribution is 0.0933. The molecule has 5 nitrogen and oxygen atoms in total. The first-order chi connectivity index (χ1) is 10.9. The number of hydrogen-bond donors (Lipinski definition) is 1. The molecular formula is C17H17NO4S. The summed E-state index contributed by atoms with van der Waals surface area (Å²) in [5.74, 6) is 0.542. The van der Waals surface area contributed by atoms with Gasteiger partial charge in [0, 0.05) is 18.2 Å². The van der Waals surface area contributed by atoms with Crippen LogP contribution in [0.15, 0.2) is 53.4 Å². The molecule has 2 aromatic carbocycles. The number of para-hydroxylation sites is 1. The highest BCUT2D eigenvalue weighted by molar-refractivity contribution is 7.90. The van der Waals surface area contributed by atoms with Gasteiger partial charge in [0.25, 0.3) is 5.91 Å². The molecule has 0 radical (unpaired) electrons. The highest BCUT2D eigenvalue weighted by Gasteiger charge is 2.23. The summed E-state index contributed by atoms with van der Waals surface area (Å²) in [6.07, 6.45) is 1.77. The van der Waals surface area contributed by atoms with E-state index in [4.69, 9.17) is 4.74 Å². The Morgan fingerprint density at radius 1 is 1.22 bits per heavy atom. The van der Waals surface area contributed by atoms with Gasteiger partial charge in [-0.3, -0.25) is 4.79 Å². The van der Waals surface area contributed by atoms with Crippen LogP contribution in [-0.2, 0) is 16.3 Å². The Kier molecular flexibility index (Phi) is 4.09. The SMILES string of the molecule is CS(=O)(=O)c1cccc(C(=O)NC[C@H]2Cc3ccccc3O2)c1. The third-order valence-corrected chi connectivity index (χ3v) is 4.84. The third-order valence-electron chi connectivity index (χ3n) is 3.73. The van der Waals surface area contributed by atoms with Crippen LogP contribution in [0.25, 0.3) is 0 Å². The minimum atomic E-state index is -3.33. The largest absolute Gasteiger partial charge is 0.488 e. The molecule has 1 aliphatic rings. The van der Waals surface area contributed by atoms with Crippen LogP contribution in [0.1, 0.15) is 15.9 Å². The van der Waals surface area contributed by atoms with Crippen LogP contribution >= 0.6 is 0 Å². The topological polar surface area (TPSA) is 72.5 Å². The summed E-state index contributed by atoms with van der Waals surface area (Å²) in [6, 6.07) is 13.8. The monoisotopic (exact) mass is 331 g/mol. The Morgan fingerprint density at radius 3 is 2.74 bits per heavy atom. The fraction of sp³-hybridized carbons (Fsp3) is 0.235. The Bertz CT molecular complexity index is 820. The van der Waals surface area contributed by atoms with Gasteiger partial charge in [-0.15, -0.1) is 0 Å². The van der Waals surface area contributed by atoms with Gasteiger partial charge in [-0.25, -0.2) is 8.42 Å². The van der Waals surface area contributed by atoms with E-state index >= 15 is 0 Å². The molecule has 3 rings (SSSR count). The van der Waals surface area contributed by atoms with E-state index in [-0.39, 0.29) is 16.9 Å². The molecule has 0 aliphatic carbocycles. The molecule has 1 heterocycles. The highest BCUT2D eigenvalue weighted by atomic mass is 32.2. The van der Waals surface area contributed by atoms with Gasteiger partial charge in [0.2, 0.25) is 0 Å². The number of benzene rings is 2. The van der Waals surface area contributed by atoms with Crippen LogP contribution < -0.4 is 10.1 Å². The maximum absolute atomic E-state index is 12.2. The smallest absolute Gasteiger partial charge is 0.251 e. The minimum Gasteiger partial charge on any atom is -0.488 e. The van der Waals surface area contributed by atoms with Gasteiger partial charge in [-0.1, -0.05) is 24.3 Å². The Labute approximate surface area is 135 Å². The van der Waals surface area contributed by atoms with E-state index in [9.17, 15) is 13.2 Å². The van der Waals surface area contributed by atoms with Crippen molar-refractivity contribution in [2.24, 2.45) is 0 Å². The lowest BCUT2D eigenvalue weighted by atomic mass is 10.1. The maximum Gasteiger partial charge on any atom is 0.251 e. The van der Waals surface area contributed by atoms with Crippen molar-refractivity contribution in [2.75, 3.05) is 12.8 Å². The predicted molar refractivity (Wildman–Crippen MR) is 86.4 cm³/mol. The second-order valence-electron chi connectivity index (χ2n) is 5.56. The number of rotatable bonds is 4. The first-order valence-corrected chi connectivity index (χ1v) is 9.15. The molecule has 0 saturated heterocycles. The van der Waals surface area contributed by atoms with Crippen molar-refractivity contribution in [3.8, 4) is 5.75 Å². The Hall–Kier alpha value is -2.34. The van der Waals surface area contributed by atoms with Crippen molar-refractivity contribution < 1.29 is 17.9 Å². The normalized spacial score (nSPS) is 16.5. The van der Waals surface area contributed by atoms with Crippen molar-refractivity contribution in [3.05, 3.63) is 59.7 Å². The van der Waals surface area contributed by atoms with Crippen LogP contribution in [0.2, 0.25) is 0 Å². The van der Waals surface area contributed by atoms with Gasteiger partial charge in [-0.05, 0) is 29.8 Å². The van der Waals surface area contributed by atoms with Crippen LogP contribution in [-0.4, -0.2) is 33.2 Å². The van der Waals surface area contributed by atoms with E-state index in [1.807, 2.05) is 24.3 Å². The van der Waals surface area contributed by atoms with Crippen molar-refractivity contribution in [1.29, 1.82) is 0 Å². The van der Waals surface area contributed by atoms with Crippen molar-refractivity contribution >= 4 is 15.7 Å². The molecule has 1 amide bonds. The molecule has 1 N–H and O–H groups in total. The van der Waals surface area contributed by atoms with Crippen LogP contribution in [0.5, 0.6) is 5.75 Å². The molecule has 23 heavy (non-hydrogen) atoms. The van der Waals surface area contributed by atoms with E-state index in [1.54, 1.807) is 12.1 Å². The number of carbonyl (C=O) groups excluding carboxylic acids is 1. The summed E-state index contributed by atoms with van der Waals surface area (Å²) >= 11 is 0. The number of nitrogens with one attached hydrogen (secondary N) is 1. The van der Waals surface area contributed by atoms with Gasteiger partial charge in [0.1, 0.15) is 11.9 Å².